The second kappa shape index (κ2) is 5.60. The molecule has 1 aliphatic rings. The van der Waals surface area contributed by atoms with E-state index in [9.17, 15) is 18.3 Å². The van der Waals surface area contributed by atoms with E-state index in [-0.39, 0.29) is 11.2 Å². The number of pyridine rings is 1. The zero-order valence-corrected chi connectivity index (χ0v) is 11.4. The van der Waals surface area contributed by atoms with Gasteiger partial charge in [0.05, 0.1) is 6.10 Å². The molecular weight excluding hydrogens is 269 g/mol. The molecule has 0 spiro atoms. The van der Waals surface area contributed by atoms with E-state index in [0.29, 0.717) is 6.54 Å². The summed E-state index contributed by atoms with van der Waals surface area (Å²) < 4.78 is 37.7. The number of aliphatic hydroxyl groups excluding tert-OH is 1. The molecule has 0 aromatic carbocycles. The average Bonchev–Trinajstić information content (AvgIpc) is 2.40. The molecule has 2 unspecified atom stereocenters. The summed E-state index contributed by atoms with van der Waals surface area (Å²) >= 11 is 0. The maximum absolute atomic E-state index is 12.6. The minimum absolute atomic E-state index is 0.193. The van der Waals surface area contributed by atoms with Crippen molar-refractivity contribution in [3.63, 3.8) is 0 Å². The van der Waals surface area contributed by atoms with Crippen LogP contribution in [0.2, 0.25) is 0 Å². The van der Waals surface area contributed by atoms with Crippen molar-refractivity contribution in [2.24, 2.45) is 5.41 Å². The summed E-state index contributed by atoms with van der Waals surface area (Å²) in [5, 5.41) is 13.0. The van der Waals surface area contributed by atoms with Crippen LogP contribution in [0.15, 0.2) is 18.2 Å². The van der Waals surface area contributed by atoms with Gasteiger partial charge in [-0.05, 0) is 25.0 Å². The highest BCUT2D eigenvalue weighted by atomic mass is 19.4. The zero-order valence-electron chi connectivity index (χ0n) is 11.4. The standard InChI is InChI=1S/C14H19F3N2O/c1-13(8-3-2-6-11(13)20)9-18-12-7-4-5-10(19-12)14(15,16)17/h4-5,7,11,20H,2-3,6,8-9H2,1H3,(H,18,19). The van der Waals surface area contributed by atoms with Crippen LogP contribution in [-0.4, -0.2) is 22.7 Å². The van der Waals surface area contributed by atoms with Crippen molar-refractivity contribution in [2.45, 2.75) is 44.9 Å². The lowest BCUT2D eigenvalue weighted by molar-refractivity contribution is -0.141. The third kappa shape index (κ3) is 3.42. The molecule has 6 heteroatoms. The number of aliphatic hydroxyl groups is 1. The molecule has 1 aromatic heterocycles. The molecule has 0 saturated heterocycles. The number of anilines is 1. The summed E-state index contributed by atoms with van der Waals surface area (Å²) in [6.45, 7) is 2.37. The first-order valence-corrected chi connectivity index (χ1v) is 6.77. The number of aromatic nitrogens is 1. The second-order valence-corrected chi connectivity index (χ2v) is 5.67. The first-order valence-electron chi connectivity index (χ1n) is 6.77. The minimum atomic E-state index is -4.44. The summed E-state index contributed by atoms with van der Waals surface area (Å²) in [6, 6.07) is 3.79. The fraction of sp³-hybridized carbons (Fsp3) is 0.643. The van der Waals surface area contributed by atoms with Crippen molar-refractivity contribution in [2.75, 3.05) is 11.9 Å². The highest BCUT2D eigenvalue weighted by Gasteiger charge is 2.36. The average molecular weight is 288 g/mol. The van der Waals surface area contributed by atoms with Gasteiger partial charge in [0.2, 0.25) is 0 Å². The maximum atomic E-state index is 12.6. The number of rotatable bonds is 3. The quantitative estimate of drug-likeness (QED) is 0.895. The van der Waals surface area contributed by atoms with Gasteiger partial charge < -0.3 is 10.4 Å². The fourth-order valence-electron chi connectivity index (χ4n) is 2.57. The SMILES string of the molecule is CC1(CNc2cccc(C(F)(F)F)n2)CCCCC1O. The summed E-state index contributed by atoms with van der Waals surface area (Å²) in [5.41, 5.74) is -1.22. The van der Waals surface area contributed by atoms with Crippen LogP contribution in [0.25, 0.3) is 0 Å². The van der Waals surface area contributed by atoms with Gasteiger partial charge in [-0.3, -0.25) is 0 Å². The van der Waals surface area contributed by atoms with E-state index in [0.717, 1.165) is 31.7 Å². The third-order valence-electron chi connectivity index (χ3n) is 3.99. The van der Waals surface area contributed by atoms with E-state index in [1.165, 1.54) is 12.1 Å². The summed E-state index contributed by atoms with van der Waals surface area (Å²) in [4.78, 5) is 3.57. The molecule has 1 aromatic rings. The Hall–Kier alpha value is -1.30. The first kappa shape index (κ1) is 15.1. The molecule has 0 aliphatic heterocycles. The summed E-state index contributed by atoms with van der Waals surface area (Å²) in [7, 11) is 0. The van der Waals surface area contributed by atoms with Gasteiger partial charge in [-0.25, -0.2) is 4.98 Å². The van der Waals surface area contributed by atoms with E-state index < -0.39 is 18.0 Å². The smallest absolute Gasteiger partial charge is 0.392 e. The molecule has 1 aliphatic carbocycles. The Labute approximate surface area is 116 Å². The highest BCUT2D eigenvalue weighted by Crippen LogP contribution is 2.36. The molecule has 0 radical (unpaired) electrons. The Bertz CT molecular complexity index is 464. The number of hydrogen-bond donors (Lipinski definition) is 2. The van der Waals surface area contributed by atoms with E-state index >= 15 is 0 Å². The van der Waals surface area contributed by atoms with Crippen LogP contribution in [0.4, 0.5) is 19.0 Å². The lowest BCUT2D eigenvalue weighted by atomic mass is 9.73. The van der Waals surface area contributed by atoms with E-state index in [4.69, 9.17) is 0 Å². The third-order valence-corrected chi connectivity index (χ3v) is 3.99. The van der Waals surface area contributed by atoms with Gasteiger partial charge in [-0.2, -0.15) is 13.2 Å². The molecule has 1 fully saturated rings. The van der Waals surface area contributed by atoms with Crippen molar-refractivity contribution in [1.82, 2.24) is 4.98 Å². The van der Waals surface area contributed by atoms with Crippen LogP contribution < -0.4 is 5.32 Å². The number of nitrogens with zero attached hydrogens (tertiary/aromatic N) is 1. The van der Waals surface area contributed by atoms with Crippen LogP contribution in [0.5, 0.6) is 0 Å². The zero-order chi connectivity index (χ0) is 14.8. The lowest BCUT2D eigenvalue weighted by Crippen LogP contribution is -2.41. The first-order chi connectivity index (χ1) is 9.31. The molecule has 2 rings (SSSR count). The van der Waals surface area contributed by atoms with Crippen LogP contribution in [0, 0.1) is 5.41 Å². The number of nitrogens with one attached hydrogen (secondary N) is 1. The molecule has 112 valence electrons. The van der Waals surface area contributed by atoms with Gasteiger partial charge in [-0.15, -0.1) is 0 Å². The maximum Gasteiger partial charge on any atom is 0.433 e. The summed E-state index contributed by atoms with van der Waals surface area (Å²) in [6.07, 6.45) is -1.22. The van der Waals surface area contributed by atoms with Gasteiger partial charge in [0.1, 0.15) is 11.5 Å². The van der Waals surface area contributed by atoms with Crippen LogP contribution in [-0.2, 0) is 6.18 Å². The van der Waals surface area contributed by atoms with Crippen molar-refractivity contribution in [1.29, 1.82) is 0 Å². The second-order valence-electron chi connectivity index (χ2n) is 5.67. The predicted octanol–water partition coefficient (Wildman–Crippen LogP) is 3.45. The Morgan fingerprint density at radius 2 is 2.15 bits per heavy atom. The minimum Gasteiger partial charge on any atom is -0.392 e. The van der Waals surface area contributed by atoms with E-state index in [2.05, 4.69) is 10.3 Å². The number of alkyl halides is 3. The largest absolute Gasteiger partial charge is 0.433 e. The topological polar surface area (TPSA) is 45.2 Å². The Kier molecular flexibility index (Phi) is 4.22. The molecule has 20 heavy (non-hydrogen) atoms. The molecule has 3 nitrogen and oxygen atoms in total. The van der Waals surface area contributed by atoms with Gasteiger partial charge >= 0.3 is 6.18 Å². The van der Waals surface area contributed by atoms with E-state index in [1.54, 1.807) is 0 Å². The number of halogens is 3. The van der Waals surface area contributed by atoms with Crippen LogP contribution >= 0.6 is 0 Å². The Morgan fingerprint density at radius 1 is 1.40 bits per heavy atom. The Balaban J connectivity index is 2.04. The molecule has 0 bridgehead atoms. The molecule has 2 atom stereocenters. The van der Waals surface area contributed by atoms with Crippen molar-refractivity contribution < 1.29 is 18.3 Å². The van der Waals surface area contributed by atoms with Gasteiger partial charge in [0.15, 0.2) is 0 Å². The van der Waals surface area contributed by atoms with Crippen LogP contribution in [0.3, 0.4) is 0 Å². The molecule has 1 saturated carbocycles. The van der Waals surface area contributed by atoms with Gasteiger partial charge in [0.25, 0.3) is 0 Å². The van der Waals surface area contributed by atoms with E-state index in [1.807, 2.05) is 6.92 Å². The summed E-state index contributed by atoms with van der Waals surface area (Å²) in [5.74, 6) is 0.193. The normalized spacial score (nSPS) is 27.4. The fourth-order valence-corrected chi connectivity index (χ4v) is 2.57. The monoisotopic (exact) mass is 288 g/mol. The molecule has 2 N–H and O–H groups in total. The molecular formula is C14H19F3N2O. The predicted molar refractivity (Wildman–Crippen MR) is 70.3 cm³/mol. The van der Waals surface area contributed by atoms with Crippen molar-refractivity contribution in [3.8, 4) is 0 Å². The number of hydrogen-bond acceptors (Lipinski definition) is 3. The van der Waals surface area contributed by atoms with Gasteiger partial charge in [0, 0.05) is 12.0 Å². The molecule has 1 heterocycles. The van der Waals surface area contributed by atoms with Crippen LogP contribution in [0.1, 0.15) is 38.3 Å². The van der Waals surface area contributed by atoms with Gasteiger partial charge in [-0.1, -0.05) is 25.8 Å². The Morgan fingerprint density at radius 3 is 2.80 bits per heavy atom. The molecule has 0 amide bonds. The lowest BCUT2D eigenvalue weighted by Gasteiger charge is -2.38. The van der Waals surface area contributed by atoms with Crippen molar-refractivity contribution >= 4 is 5.82 Å². The van der Waals surface area contributed by atoms with Crippen molar-refractivity contribution in [3.05, 3.63) is 23.9 Å². The highest BCUT2D eigenvalue weighted by molar-refractivity contribution is 5.36.